The van der Waals surface area contributed by atoms with Crippen LogP contribution in [0.1, 0.15) is 0 Å². The van der Waals surface area contributed by atoms with Crippen LogP contribution in [0, 0.1) is 0 Å². The lowest BCUT2D eigenvalue weighted by atomic mass is 10.3. The van der Waals surface area contributed by atoms with E-state index in [1.54, 1.807) is 0 Å². The Balaban J connectivity index is 2.14. The summed E-state index contributed by atoms with van der Waals surface area (Å²) in [6, 6.07) is -0.389. The van der Waals surface area contributed by atoms with Gasteiger partial charge in [0.2, 0.25) is 0 Å². The van der Waals surface area contributed by atoms with Gasteiger partial charge in [0.1, 0.15) is 11.4 Å². The number of carboxylic acids is 1. The second kappa shape index (κ2) is 3.54. The molecule has 1 N–H and O–H groups in total. The molecule has 0 saturated heterocycles. The van der Waals surface area contributed by atoms with Crippen molar-refractivity contribution in [2.75, 3.05) is 7.11 Å². The highest BCUT2D eigenvalue weighted by Gasteiger charge is 2.43. The molecule has 0 spiro atoms. The molecule has 2 rings (SSSR count). The number of carboxylic acid groups (broad SMARTS) is 1. The Hall–Kier alpha value is -1.57. The number of ether oxygens (including phenoxy) is 1. The van der Waals surface area contributed by atoms with E-state index in [4.69, 9.17) is 5.11 Å². The zero-order valence-electron chi connectivity index (χ0n) is 7.65. The van der Waals surface area contributed by atoms with Gasteiger partial charge in [-0.25, -0.2) is 9.59 Å². The number of rotatable bonds is 1. The van der Waals surface area contributed by atoms with E-state index in [-0.39, 0.29) is 11.1 Å². The Morgan fingerprint density at radius 2 is 2.40 bits per heavy atom. The Labute approximate surface area is 88.8 Å². The first kappa shape index (κ1) is 9.97. The molecule has 8 heteroatoms. The highest BCUT2D eigenvalue weighted by Crippen LogP contribution is 2.33. The maximum Gasteiger partial charge on any atom is 0.431 e. The second-order valence-electron chi connectivity index (χ2n) is 2.82. The molecule has 0 bridgehead atoms. The van der Waals surface area contributed by atoms with E-state index in [0.717, 1.165) is 16.8 Å². The molecule has 2 heterocycles. The average Bonchev–Trinajstić information content (AvgIpc) is 2.74. The van der Waals surface area contributed by atoms with E-state index in [0.29, 0.717) is 0 Å². The fourth-order valence-electron chi connectivity index (χ4n) is 1.27. The molecule has 0 aliphatic carbocycles. The van der Waals surface area contributed by atoms with E-state index >= 15 is 0 Å². The van der Waals surface area contributed by atoms with E-state index in [2.05, 4.69) is 14.8 Å². The largest absolute Gasteiger partial charge is 0.476 e. The summed E-state index contributed by atoms with van der Waals surface area (Å²) in [4.78, 5) is 25.8. The van der Waals surface area contributed by atoms with Crippen molar-refractivity contribution in [3.05, 3.63) is 0 Å². The van der Waals surface area contributed by atoms with Crippen molar-refractivity contribution in [3.63, 3.8) is 0 Å². The third-order valence-electron chi connectivity index (χ3n) is 1.92. The number of fused-ring (bicyclic) bond motifs is 1. The van der Waals surface area contributed by atoms with Crippen molar-refractivity contribution < 1.29 is 19.4 Å². The second-order valence-corrected chi connectivity index (χ2v) is 3.92. The lowest BCUT2D eigenvalue weighted by Crippen LogP contribution is -2.34. The molecule has 2 aliphatic rings. The van der Waals surface area contributed by atoms with Crippen LogP contribution < -0.4 is 0 Å². The molecule has 15 heavy (non-hydrogen) atoms. The Morgan fingerprint density at radius 3 is 3.00 bits per heavy atom. The summed E-state index contributed by atoms with van der Waals surface area (Å²) in [6.45, 7) is 0. The molecule has 2 aliphatic heterocycles. The fourth-order valence-corrected chi connectivity index (χ4v) is 2.29. The van der Waals surface area contributed by atoms with Crippen LogP contribution in [0.4, 0.5) is 4.79 Å². The van der Waals surface area contributed by atoms with Crippen LogP contribution in [-0.2, 0) is 9.53 Å². The van der Waals surface area contributed by atoms with Crippen molar-refractivity contribution in [2.24, 2.45) is 10.1 Å². The first-order chi connectivity index (χ1) is 7.13. The summed E-state index contributed by atoms with van der Waals surface area (Å²) in [5, 5.41) is 13.2. The monoisotopic (exact) mass is 229 g/mol. The number of thioether (sulfide) groups is 1. The molecule has 7 nitrogen and oxygen atoms in total. The summed E-state index contributed by atoms with van der Waals surface area (Å²) >= 11 is 0.992. The quantitative estimate of drug-likeness (QED) is 0.682. The van der Waals surface area contributed by atoms with Gasteiger partial charge in [-0.1, -0.05) is 11.8 Å². The standard InChI is InChI=1S/C7H7N3O4S/c1-14-7(13)10-5-3(2-8-10)9-4(15-5)6(11)12/h2-3,5H,1H3,(H,11,12). The van der Waals surface area contributed by atoms with Gasteiger partial charge >= 0.3 is 12.1 Å². The molecular weight excluding hydrogens is 222 g/mol. The number of carbonyl (C=O) groups excluding carboxylic acids is 1. The van der Waals surface area contributed by atoms with E-state index in [1.165, 1.54) is 13.3 Å². The van der Waals surface area contributed by atoms with Crippen LogP contribution in [0.3, 0.4) is 0 Å². The normalized spacial score (nSPS) is 27.5. The number of carbonyl (C=O) groups is 2. The van der Waals surface area contributed by atoms with Gasteiger partial charge in [0.15, 0.2) is 5.04 Å². The van der Waals surface area contributed by atoms with Gasteiger partial charge in [0.05, 0.1) is 13.3 Å². The summed E-state index contributed by atoms with van der Waals surface area (Å²) in [6.07, 6.45) is 0.818. The van der Waals surface area contributed by atoms with Gasteiger partial charge in [0, 0.05) is 0 Å². The number of hydrogen-bond donors (Lipinski definition) is 1. The van der Waals surface area contributed by atoms with Crippen LogP contribution in [0.2, 0.25) is 0 Å². The van der Waals surface area contributed by atoms with Crippen LogP contribution in [-0.4, -0.2) is 52.0 Å². The number of nitrogens with zero attached hydrogens (tertiary/aromatic N) is 3. The summed E-state index contributed by atoms with van der Waals surface area (Å²) in [5.41, 5.74) is 0. The predicted octanol–water partition coefficient (Wildman–Crippen LogP) is -0.0212. The maximum atomic E-state index is 11.2. The third kappa shape index (κ3) is 1.56. The summed E-state index contributed by atoms with van der Waals surface area (Å²) < 4.78 is 4.50. The molecule has 0 radical (unpaired) electrons. The topological polar surface area (TPSA) is 91.6 Å². The Kier molecular flexibility index (Phi) is 2.35. The first-order valence-electron chi connectivity index (χ1n) is 4.02. The van der Waals surface area contributed by atoms with E-state index < -0.39 is 17.4 Å². The van der Waals surface area contributed by atoms with Gasteiger partial charge in [-0.05, 0) is 0 Å². The van der Waals surface area contributed by atoms with Crippen molar-refractivity contribution in [1.82, 2.24) is 5.01 Å². The molecule has 0 aromatic carbocycles. The van der Waals surface area contributed by atoms with Crippen LogP contribution in [0.15, 0.2) is 10.1 Å². The third-order valence-corrected chi connectivity index (χ3v) is 3.14. The molecule has 0 aromatic rings. The van der Waals surface area contributed by atoms with E-state index in [9.17, 15) is 9.59 Å². The van der Waals surface area contributed by atoms with Crippen molar-refractivity contribution in [2.45, 2.75) is 11.4 Å². The molecule has 0 aromatic heterocycles. The first-order valence-corrected chi connectivity index (χ1v) is 4.90. The predicted molar refractivity (Wildman–Crippen MR) is 53.0 cm³/mol. The molecule has 0 fully saturated rings. The molecular formula is C7H7N3O4S. The van der Waals surface area contributed by atoms with Crippen molar-refractivity contribution in [1.29, 1.82) is 0 Å². The molecule has 80 valence electrons. The van der Waals surface area contributed by atoms with Gasteiger partial charge in [-0.15, -0.1) is 0 Å². The minimum Gasteiger partial charge on any atom is -0.476 e. The zero-order chi connectivity index (χ0) is 11.0. The lowest BCUT2D eigenvalue weighted by Gasteiger charge is -2.17. The van der Waals surface area contributed by atoms with E-state index in [1.807, 2.05) is 0 Å². The van der Waals surface area contributed by atoms with Crippen LogP contribution in [0.5, 0.6) is 0 Å². The van der Waals surface area contributed by atoms with Gasteiger partial charge in [-0.2, -0.15) is 10.1 Å². The number of aliphatic imine (C=N–C) groups is 1. The summed E-state index contributed by atoms with van der Waals surface area (Å²) in [7, 11) is 1.24. The number of aliphatic carboxylic acids is 1. The fraction of sp³-hybridized carbons (Fsp3) is 0.429. The highest BCUT2D eigenvalue weighted by molar-refractivity contribution is 8.16. The minimum atomic E-state index is -1.09. The minimum absolute atomic E-state index is 0.00921. The van der Waals surface area contributed by atoms with Crippen LogP contribution >= 0.6 is 11.8 Å². The smallest absolute Gasteiger partial charge is 0.431 e. The van der Waals surface area contributed by atoms with Gasteiger partial charge < -0.3 is 9.84 Å². The number of hydrazone groups is 1. The Morgan fingerprint density at radius 1 is 1.67 bits per heavy atom. The van der Waals surface area contributed by atoms with Crippen LogP contribution in [0.25, 0.3) is 0 Å². The van der Waals surface area contributed by atoms with Gasteiger partial charge in [0.25, 0.3) is 0 Å². The number of amides is 1. The molecule has 0 saturated carbocycles. The lowest BCUT2D eigenvalue weighted by molar-refractivity contribution is -0.129. The maximum absolute atomic E-state index is 11.2. The molecule has 1 amide bonds. The zero-order valence-corrected chi connectivity index (χ0v) is 8.47. The number of hydrogen-bond acceptors (Lipinski definition) is 6. The number of methoxy groups -OCH3 is 1. The molecule has 2 unspecified atom stereocenters. The SMILES string of the molecule is COC(=O)N1N=CC2N=C(C(=O)O)SC21. The van der Waals surface area contributed by atoms with Crippen molar-refractivity contribution in [3.8, 4) is 0 Å². The molecule has 2 atom stereocenters. The van der Waals surface area contributed by atoms with Crippen molar-refractivity contribution >= 4 is 35.1 Å². The summed E-state index contributed by atoms with van der Waals surface area (Å²) in [5.74, 6) is -1.09. The van der Waals surface area contributed by atoms with Gasteiger partial charge in [-0.3, -0.25) is 4.99 Å². The average molecular weight is 229 g/mol. The Bertz CT molecular complexity index is 380. The highest BCUT2D eigenvalue weighted by atomic mass is 32.2.